The average molecular weight is 450 g/mol. The Kier molecular flexibility index (Phi) is 5.38. The first-order chi connectivity index (χ1) is 16.5. The van der Waals surface area contributed by atoms with Gasteiger partial charge in [0.25, 0.3) is 11.7 Å². The van der Waals surface area contributed by atoms with E-state index in [1.165, 1.54) is 4.90 Å². The van der Waals surface area contributed by atoms with E-state index >= 15 is 0 Å². The normalized spacial score (nSPS) is 17.4. The maximum absolute atomic E-state index is 13.4. The van der Waals surface area contributed by atoms with Crippen LogP contribution < -0.4 is 9.64 Å². The van der Waals surface area contributed by atoms with Crippen LogP contribution in [0.25, 0.3) is 16.5 Å². The van der Waals surface area contributed by atoms with Crippen LogP contribution in [0.4, 0.5) is 5.69 Å². The molecule has 1 heterocycles. The van der Waals surface area contributed by atoms with Gasteiger partial charge in [0.2, 0.25) is 0 Å². The van der Waals surface area contributed by atoms with E-state index in [2.05, 4.69) is 0 Å². The first kappa shape index (κ1) is 21.5. The number of Topliss-reactive ketones (excluding diaryl/α,β-unsaturated/α-hetero) is 1. The molecule has 5 nitrogen and oxygen atoms in total. The lowest BCUT2D eigenvalue weighted by Gasteiger charge is -2.27. The number of aryl methyl sites for hydroxylation is 1. The summed E-state index contributed by atoms with van der Waals surface area (Å²) in [5, 5.41) is 13.3. The van der Waals surface area contributed by atoms with Crippen molar-refractivity contribution in [3.8, 4) is 5.75 Å². The van der Waals surface area contributed by atoms with Crippen LogP contribution in [-0.2, 0) is 9.59 Å². The fraction of sp³-hybridized carbons (Fsp3) is 0.103. The van der Waals surface area contributed by atoms with Crippen molar-refractivity contribution < 1.29 is 19.4 Å². The number of aliphatic hydroxyl groups is 1. The van der Waals surface area contributed by atoms with E-state index in [1.54, 1.807) is 25.3 Å². The summed E-state index contributed by atoms with van der Waals surface area (Å²) >= 11 is 0. The van der Waals surface area contributed by atoms with E-state index in [1.807, 2.05) is 79.7 Å². The zero-order chi connectivity index (χ0) is 23.8. The highest BCUT2D eigenvalue weighted by molar-refractivity contribution is 6.52. The molecule has 4 aromatic carbocycles. The largest absolute Gasteiger partial charge is 0.507 e. The van der Waals surface area contributed by atoms with Gasteiger partial charge in [0, 0.05) is 11.3 Å². The summed E-state index contributed by atoms with van der Waals surface area (Å²) in [7, 11) is 1.56. The van der Waals surface area contributed by atoms with Crippen LogP contribution in [0.3, 0.4) is 0 Å². The highest BCUT2D eigenvalue weighted by Crippen LogP contribution is 2.44. The molecule has 1 aliphatic heterocycles. The molecule has 34 heavy (non-hydrogen) atoms. The lowest BCUT2D eigenvalue weighted by Crippen LogP contribution is -2.30. The Bertz CT molecular complexity index is 1460. The molecule has 0 spiro atoms. The lowest BCUT2D eigenvalue weighted by atomic mass is 9.93. The predicted molar refractivity (Wildman–Crippen MR) is 133 cm³/mol. The Morgan fingerprint density at radius 3 is 2.38 bits per heavy atom. The summed E-state index contributed by atoms with van der Waals surface area (Å²) in [4.78, 5) is 28.3. The van der Waals surface area contributed by atoms with Crippen LogP contribution in [0, 0.1) is 6.92 Å². The van der Waals surface area contributed by atoms with Gasteiger partial charge in [-0.2, -0.15) is 0 Å². The lowest BCUT2D eigenvalue weighted by molar-refractivity contribution is -0.132. The molecule has 0 radical (unpaired) electrons. The molecular formula is C29H23NO4. The molecule has 1 fully saturated rings. The molecule has 1 unspecified atom stereocenters. The number of fused-ring (bicyclic) bond motifs is 1. The van der Waals surface area contributed by atoms with Gasteiger partial charge in [0.05, 0.1) is 18.7 Å². The number of benzene rings is 4. The summed E-state index contributed by atoms with van der Waals surface area (Å²) in [6.07, 6.45) is 0. The number of carbonyl (C=O) groups excluding carboxylic acids is 2. The number of ether oxygens (including phenoxy) is 1. The van der Waals surface area contributed by atoms with E-state index in [0.717, 1.165) is 16.3 Å². The van der Waals surface area contributed by atoms with Crippen molar-refractivity contribution >= 4 is 33.9 Å². The summed E-state index contributed by atoms with van der Waals surface area (Å²) in [5.41, 5.74) is 2.70. The second-order valence-electron chi connectivity index (χ2n) is 8.26. The standard InChI is InChI=1S/C29H23NO4/c1-18-9-3-6-16-24(18)30-26(20-12-7-13-21(17-20)34-2)25(28(32)29(30)33)27(31)23-15-8-11-19-10-4-5-14-22(19)23/h3-17,26,31H,1-2H3/b27-25-. The maximum atomic E-state index is 13.4. The Labute approximate surface area is 197 Å². The van der Waals surface area contributed by atoms with Crippen molar-refractivity contribution in [2.24, 2.45) is 0 Å². The molecule has 0 aromatic heterocycles. The number of amides is 1. The van der Waals surface area contributed by atoms with Crippen LogP contribution in [0.15, 0.2) is 96.6 Å². The average Bonchev–Trinajstić information content (AvgIpc) is 3.13. The van der Waals surface area contributed by atoms with Crippen LogP contribution in [0.1, 0.15) is 22.7 Å². The predicted octanol–water partition coefficient (Wildman–Crippen LogP) is 5.78. The number of methoxy groups -OCH3 is 1. The third-order valence-electron chi connectivity index (χ3n) is 6.27. The van der Waals surface area contributed by atoms with Gasteiger partial charge < -0.3 is 9.84 Å². The first-order valence-corrected chi connectivity index (χ1v) is 11.0. The molecule has 0 bridgehead atoms. The van der Waals surface area contributed by atoms with Crippen molar-refractivity contribution in [3.63, 3.8) is 0 Å². The van der Waals surface area contributed by atoms with E-state index in [0.29, 0.717) is 22.6 Å². The molecule has 5 heteroatoms. The fourth-order valence-electron chi connectivity index (χ4n) is 4.62. The van der Waals surface area contributed by atoms with Gasteiger partial charge >= 0.3 is 0 Å². The molecule has 0 aliphatic carbocycles. The summed E-state index contributed by atoms with van der Waals surface area (Å²) in [6, 6.07) is 27.0. The molecule has 168 valence electrons. The Morgan fingerprint density at radius 1 is 0.882 bits per heavy atom. The van der Waals surface area contributed by atoms with Crippen molar-refractivity contribution in [2.45, 2.75) is 13.0 Å². The quantitative estimate of drug-likeness (QED) is 0.244. The molecular weight excluding hydrogens is 426 g/mol. The fourth-order valence-corrected chi connectivity index (χ4v) is 4.62. The van der Waals surface area contributed by atoms with Gasteiger partial charge in [0.1, 0.15) is 11.5 Å². The van der Waals surface area contributed by atoms with Gasteiger partial charge in [-0.05, 0) is 47.0 Å². The number of carbonyl (C=O) groups is 2. The van der Waals surface area contributed by atoms with Crippen molar-refractivity contribution in [1.29, 1.82) is 0 Å². The third-order valence-corrected chi connectivity index (χ3v) is 6.27. The number of hydrogen-bond acceptors (Lipinski definition) is 4. The number of ketones is 1. The van der Waals surface area contributed by atoms with E-state index < -0.39 is 17.7 Å². The first-order valence-electron chi connectivity index (χ1n) is 11.0. The minimum absolute atomic E-state index is 0.0536. The number of anilines is 1. The molecule has 4 aromatic rings. The van der Waals surface area contributed by atoms with E-state index in [4.69, 9.17) is 4.74 Å². The van der Waals surface area contributed by atoms with Crippen molar-refractivity contribution in [3.05, 3.63) is 113 Å². The topological polar surface area (TPSA) is 66.8 Å². The smallest absolute Gasteiger partial charge is 0.300 e. The van der Waals surface area contributed by atoms with Crippen LogP contribution in [-0.4, -0.2) is 23.9 Å². The van der Waals surface area contributed by atoms with Gasteiger partial charge in [-0.1, -0.05) is 72.8 Å². The summed E-state index contributed by atoms with van der Waals surface area (Å²) < 4.78 is 5.40. The zero-order valence-corrected chi connectivity index (χ0v) is 18.9. The molecule has 1 N–H and O–H groups in total. The molecule has 1 atom stereocenters. The third kappa shape index (κ3) is 3.42. The highest BCUT2D eigenvalue weighted by atomic mass is 16.5. The number of para-hydroxylation sites is 1. The SMILES string of the molecule is COc1cccc(C2/C(=C(/O)c3cccc4ccccc34)C(=O)C(=O)N2c2ccccc2C)c1. The van der Waals surface area contributed by atoms with Crippen molar-refractivity contribution in [1.82, 2.24) is 0 Å². The summed E-state index contributed by atoms with van der Waals surface area (Å²) in [5.74, 6) is -0.998. The van der Waals surface area contributed by atoms with Gasteiger partial charge in [0.15, 0.2) is 0 Å². The number of hydrogen-bond donors (Lipinski definition) is 1. The van der Waals surface area contributed by atoms with Crippen molar-refractivity contribution in [2.75, 3.05) is 12.0 Å². The molecule has 5 rings (SSSR count). The van der Waals surface area contributed by atoms with Crippen LogP contribution in [0.2, 0.25) is 0 Å². The second-order valence-corrected chi connectivity index (χ2v) is 8.26. The van der Waals surface area contributed by atoms with Gasteiger partial charge in [-0.15, -0.1) is 0 Å². The second kappa shape index (κ2) is 8.52. The highest BCUT2D eigenvalue weighted by Gasteiger charge is 2.47. The van der Waals surface area contributed by atoms with Gasteiger partial charge in [-0.3, -0.25) is 14.5 Å². The number of nitrogens with zero attached hydrogens (tertiary/aromatic N) is 1. The molecule has 1 amide bonds. The molecule has 1 aliphatic rings. The summed E-state index contributed by atoms with van der Waals surface area (Å²) in [6.45, 7) is 1.89. The monoisotopic (exact) mass is 449 g/mol. The minimum Gasteiger partial charge on any atom is -0.507 e. The number of aliphatic hydroxyl groups excluding tert-OH is 1. The van der Waals surface area contributed by atoms with E-state index in [-0.39, 0.29) is 11.3 Å². The van der Waals surface area contributed by atoms with Crippen LogP contribution in [0.5, 0.6) is 5.75 Å². The molecule has 1 saturated heterocycles. The Balaban J connectivity index is 1.80. The Hall–Kier alpha value is -4.38. The van der Waals surface area contributed by atoms with Crippen LogP contribution >= 0.6 is 0 Å². The van der Waals surface area contributed by atoms with Gasteiger partial charge in [-0.25, -0.2) is 0 Å². The number of rotatable bonds is 4. The Morgan fingerprint density at radius 2 is 1.59 bits per heavy atom. The molecule has 0 saturated carbocycles. The van der Waals surface area contributed by atoms with E-state index in [9.17, 15) is 14.7 Å². The zero-order valence-electron chi connectivity index (χ0n) is 18.9. The minimum atomic E-state index is -0.810. The maximum Gasteiger partial charge on any atom is 0.300 e.